The van der Waals surface area contributed by atoms with Gasteiger partial charge >= 0.3 is 0 Å². The second-order valence-electron chi connectivity index (χ2n) is 3.97. The van der Waals surface area contributed by atoms with E-state index in [4.69, 9.17) is 0 Å². The Morgan fingerprint density at radius 1 is 1.44 bits per heavy atom. The summed E-state index contributed by atoms with van der Waals surface area (Å²) in [5.74, 6) is 0.920. The Bertz CT molecular complexity index is 519. The van der Waals surface area contributed by atoms with Gasteiger partial charge in [-0.25, -0.2) is 0 Å². The van der Waals surface area contributed by atoms with Crippen molar-refractivity contribution in [2.45, 2.75) is 18.4 Å². The van der Waals surface area contributed by atoms with Crippen molar-refractivity contribution in [2.75, 3.05) is 11.1 Å². The number of hydrogen-bond acceptors (Lipinski definition) is 3. The van der Waals surface area contributed by atoms with Crippen molar-refractivity contribution in [1.29, 1.82) is 0 Å². The van der Waals surface area contributed by atoms with Crippen LogP contribution in [0.1, 0.15) is 11.3 Å². The lowest BCUT2D eigenvalue weighted by Crippen LogP contribution is -2.01. The first-order chi connectivity index (χ1) is 8.81. The highest BCUT2D eigenvalue weighted by Gasteiger charge is 2.03. The fourth-order valence-electron chi connectivity index (χ4n) is 1.63. The molecule has 0 aliphatic rings. The summed E-state index contributed by atoms with van der Waals surface area (Å²) in [4.78, 5) is 1.25. The Morgan fingerprint density at radius 3 is 3.00 bits per heavy atom. The number of H-pyrrole nitrogens is 1. The van der Waals surface area contributed by atoms with Crippen LogP contribution in [0.4, 0.5) is 5.69 Å². The van der Waals surface area contributed by atoms with Crippen LogP contribution in [-0.4, -0.2) is 16.0 Å². The number of para-hydroxylation sites is 1. The van der Waals surface area contributed by atoms with Crippen molar-refractivity contribution in [1.82, 2.24) is 10.2 Å². The maximum atomic E-state index is 4.02. The molecule has 0 radical (unpaired) electrons. The molecule has 1 heterocycles. The number of aryl methyl sites for hydroxylation is 1. The molecule has 2 N–H and O–H groups in total. The lowest BCUT2D eigenvalue weighted by molar-refractivity contribution is 1.04. The van der Waals surface area contributed by atoms with Gasteiger partial charge in [-0.2, -0.15) is 5.10 Å². The second-order valence-corrected chi connectivity index (χ2v) is 5.03. The number of aromatic nitrogens is 2. The molecule has 1 aromatic carbocycles. The predicted molar refractivity (Wildman–Crippen MR) is 78.0 cm³/mol. The number of hydrogen-bond donors (Lipinski definition) is 2. The van der Waals surface area contributed by atoms with E-state index in [0.29, 0.717) is 0 Å². The Kier molecular flexibility index (Phi) is 4.47. The van der Waals surface area contributed by atoms with Crippen molar-refractivity contribution in [3.63, 3.8) is 0 Å². The van der Waals surface area contributed by atoms with Gasteiger partial charge in [0.15, 0.2) is 0 Å². The third-order valence-electron chi connectivity index (χ3n) is 2.65. The monoisotopic (exact) mass is 259 g/mol. The molecule has 0 saturated carbocycles. The molecule has 0 atom stereocenters. The average Bonchev–Trinajstić information content (AvgIpc) is 2.80. The first-order valence-corrected chi connectivity index (χ1v) is 6.85. The van der Waals surface area contributed by atoms with Gasteiger partial charge in [0.05, 0.1) is 6.20 Å². The van der Waals surface area contributed by atoms with Crippen LogP contribution in [-0.2, 0) is 6.54 Å². The van der Waals surface area contributed by atoms with Gasteiger partial charge in [-0.1, -0.05) is 18.2 Å². The molecule has 0 unspecified atom stereocenters. The Labute approximate surface area is 112 Å². The Hall–Kier alpha value is -1.68. The van der Waals surface area contributed by atoms with E-state index >= 15 is 0 Å². The van der Waals surface area contributed by atoms with Crippen molar-refractivity contribution in [2.24, 2.45) is 0 Å². The van der Waals surface area contributed by atoms with Crippen molar-refractivity contribution in [3.05, 3.63) is 54.4 Å². The first kappa shape index (κ1) is 12.8. The molecule has 2 rings (SSSR count). The minimum Gasteiger partial charge on any atom is -0.380 e. The van der Waals surface area contributed by atoms with Crippen molar-refractivity contribution in [3.8, 4) is 0 Å². The van der Waals surface area contributed by atoms with Gasteiger partial charge in [-0.05, 0) is 19.1 Å². The number of thioether (sulfide) groups is 1. The van der Waals surface area contributed by atoms with E-state index in [2.05, 4.69) is 40.3 Å². The summed E-state index contributed by atoms with van der Waals surface area (Å²) in [5, 5.41) is 10.4. The maximum absolute atomic E-state index is 4.02. The van der Waals surface area contributed by atoms with E-state index in [-0.39, 0.29) is 0 Å². The number of aromatic amines is 1. The lowest BCUT2D eigenvalue weighted by Gasteiger charge is -2.10. The van der Waals surface area contributed by atoms with Gasteiger partial charge in [-0.3, -0.25) is 5.10 Å². The molecule has 0 bridgehead atoms. The molecule has 0 aliphatic heterocycles. The number of benzene rings is 1. The normalized spacial score (nSPS) is 10.3. The summed E-state index contributed by atoms with van der Waals surface area (Å²) in [6.07, 6.45) is 3.78. The quantitative estimate of drug-likeness (QED) is 0.615. The number of anilines is 1. The molecular weight excluding hydrogens is 242 g/mol. The van der Waals surface area contributed by atoms with Gasteiger partial charge in [0.2, 0.25) is 0 Å². The standard InChI is InChI=1S/C14H17N3S/c1-3-8-18-14-7-5-4-6-13(14)15-9-12-10-16-17-11(12)2/h3-7,10,15H,1,8-9H2,2H3,(H,16,17). The molecule has 0 amide bonds. The van der Waals surface area contributed by atoms with Crippen molar-refractivity contribution < 1.29 is 0 Å². The largest absolute Gasteiger partial charge is 0.380 e. The summed E-state index contributed by atoms with van der Waals surface area (Å²) in [5.41, 5.74) is 3.46. The lowest BCUT2D eigenvalue weighted by atomic mass is 10.2. The van der Waals surface area contributed by atoms with E-state index in [1.807, 2.05) is 25.3 Å². The summed E-state index contributed by atoms with van der Waals surface area (Å²) < 4.78 is 0. The van der Waals surface area contributed by atoms with E-state index in [1.54, 1.807) is 11.8 Å². The highest BCUT2D eigenvalue weighted by atomic mass is 32.2. The molecule has 0 spiro atoms. The van der Waals surface area contributed by atoms with E-state index in [9.17, 15) is 0 Å². The predicted octanol–water partition coefficient (Wildman–Crippen LogP) is 3.61. The topological polar surface area (TPSA) is 40.7 Å². The van der Waals surface area contributed by atoms with Gasteiger partial charge in [0, 0.05) is 34.1 Å². The van der Waals surface area contributed by atoms with Gasteiger partial charge in [-0.15, -0.1) is 18.3 Å². The van der Waals surface area contributed by atoms with Gasteiger partial charge in [0.1, 0.15) is 0 Å². The zero-order valence-corrected chi connectivity index (χ0v) is 11.3. The fraction of sp³-hybridized carbons (Fsp3) is 0.214. The molecule has 1 aromatic heterocycles. The average molecular weight is 259 g/mol. The minimum absolute atomic E-state index is 0.786. The second kappa shape index (κ2) is 6.31. The molecule has 0 aliphatic carbocycles. The molecule has 2 aromatic rings. The molecule has 0 fully saturated rings. The zero-order chi connectivity index (χ0) is 12.8. The van der Waals surface area contributed by atoms with Crippen LogP contribution >= 0.6 is 11.8 Å². The maximum Gasteiger partial charge on any atom is 0.0539 e. The van der Waals surface area contributed by atoms with Crippen LogP contribution in [0.15, 0.2) is 48.0 Å². The van der Waals surface area contributed by atoms with Crippen LogP contribution in [0, 0.1) is 6.92 Å². The van der Waals surface area contributed by atoms with Crippen LogP contribution < -0.4 is 5.32 Å². The highest BCUT2D eigenvalue weighted by Crippen LogP contribution is 2.27. The molecule has 4 heteroatoms. The van der Waals surface area contributed by atoms with Gasteiger partial charge < -0.3 is 5.32 Å². The third kappa shape index (κ3) is 3.17. The van der Waals surface area contributed by atoms with Crippen LogP contribution in [0.5, 0.6) is 0 Å². The summed E-state index contributed by atoms with van der Waals surface area (Å²) >= 11 is 1.78. The zero-order valence-electron chi connectivity index (χ0n) is 10.4. The van der Waals surface area contributed by atoms with E-state index < -0.39 is 0 Å². The number of rotatable bonds is 6. The summed E-state index contributed by atoms with van der Waals surface area (Å²) in [6.45, 7) is 6.57. The van der Waals surface area contributed by atoms with E-state index in [0.717, 1.165) is 23.7 Å². The summed E-state index contributed by atoms with van der Waals surface area (Å²) in [7, 11) is 0. The van der Waals surface area contributed by atoms with E-state index in [1.165, 1.54) is 10.5 Å². The molecule has 18 heavy (non-hydrogen) atoms. The number of nitrogens with zero attached hydrogens (tertiary/aromatic N) is 1. The van der Waals surface area contributed by atoms with Crippen LogP contribution in [0.2, 0.25) is 0 Å². The highest BCUT2D eigenvalue weighted by molar-refractivity contribution is 7.99. The van der Waals surface area contributed by atoms with Gasteiger partial charge in [0.25, 0.3) is 0 Å². The minimum atomic E-state index is 0.786. The SMILES string of the molecule is C=CCSc1ccccc1NCc1cn[nH]c1C. The van der Waals surface area contributed by atoms with Crippen molar-refractivity contribution >= 4 is 17.4 Å². The first-order valence-electron chi connectivity index (χ1n) is 5.86. The smallest absolute Gasteiger partial charge is 0.0539 e. The summed E-state index contributed by atoms with van der Waals surface area (Å²) in [6, 6.07) is 8.32. The molecule has 0 saturated heterocycles. The molecular formula is C14H17N3S. The molecule has 94 valence electrons. The Balaban J connectivity index is 2.04. The number of nitrogens with one attached hydrogen (secondary N) is 2. The fourth-order valence-corrected chi connectivity index (χ4v) is 2.40. The van der Waals surface area contributed by atoms with Crippen LogP contribution in [0.3, 0.4) is 0 Å². The van der Waals surface area contributed by atoms with Crippen LogP contribution in [0.25, 0.3) is 0 Å². The third-order valence-corrected chi connectivity index (χ3v) is 3.72. The Morgan fingerprint density at radius 2 is 2.28 bits per heavy atom. The molecule has 3 nitrogen and oxygen atoms in total.